The maximum atomic E-state index is 13.0. The molecule has 0 saturated heterocycles. The maximum absolute atomic E-state index is 13.0. The van der Waals surface area contributed by atoms with Crippen LogP contribution < -0.4 is 10.1 Å². The number of hydrogen-bond donors (Lipinski definition) is 1. The van der Waals surface area contributed by atoms with Gasteiger partial charge >= 0.3 is 0 Å². The first-order valence-corrected chi connectivity index (χ1v) is 7.77. The average molecular weight is 352 g/mol. The Bertz CT molecular complexity index is 559. The summed E-state index contributed by atoms with van der Waals surface area (Å²) in [5.41, 5.74) is 1.13. The molecular formula is C17H19BrFNO. The highest BCUT2D eigenvalue weighted by Gasteiger charge is 2.11. The van der Waals surface area contributed by atoms with Crippen LogP contribution in [0.15, 0.2) is 53.0 Å². The molecule has 0 fully saturated rings. The summed E-state index contributed by atoms with van der Waals surface area (Å²) in [7, 11) is 1.92. The minimum absolute atomic E-state index is 0.202. The van der Waals surface area contributed by atoms with Gasteiger partial charge in [-0.15, -0.1) is 0 Å². The molecule has 0 amide bonds. The standard InChI is InChI=1S/C17H19BrFNO/c1-20-12-14(13-5-7-16(19)8-6-13)9-10-21-17-4-2-3-15(18)11-17/h2-8,11,14,20H,9-10,12H2,1H3. The number of likely N-dealkylation sites (N-methyl/N-ethyl adjacent to an activating group) is 1. The number of nitrogens with one attached hydrogen (secondary N) is 1. The Morgan fingerprint density at radius 3 is 2.62 bits per heavy atom. The van der Waals surface area contributed by atoms with Crippen molar-refractivity contribution in [3.8, 4) is 5.75 Å². The second-order valence-corrected chi connectivity index (χ2v) is 5.82. The summed E-state index contributed by atoms with van der Waals surface area (Å²) in [6.45, 7) is 1.47. The molecule has 1 unspecified atom stereocenters. The van der Waals surface area contributed by atoms with Gasteiger partial charge in [-0.25, -0.2) is 4.39 Å². The van der Waals surface area contributed by atoms with Crippen molar-refractivity contribution in [1.29, 1.82) is 0 Å². The molecule has 112 valence electrons. The highest BCUT2D eigenvalue weighted by atomic mass is 79.9. The molecule has 2 rings (SSSR count). The van der Waals surface area contributed by atoms with Crippen LogP contribution in [0.5, 0.6) is 5.75 Å². The Hall–Kier alpha value is -1.39. The van der Waals surface area contributed by atoms with Crippen LogP contribution in [0.4, 0.5) is 4.39 Å². The fourth-order valence-corrected chi connectivity index (χ4v) is 2.62. The SMILES string of the molecule is CNCC(CCOc1cccc(Br)c1)c1ccc(F)cc1. The summed E-state index contributed by atoms with van der Waals surface area (Å²) in [5, 5.41) is 3.18. The van der Waals surface area contributed by atoms with Gasteiger partial charge in [0.2, 0.25) is 0 Å². The smallest absolute Gasteiger partial charge is 0.123 e. The molecule has 0 bridgehead atoms. The Morgan fingerprint density at radius 1 is 1.19 bits per heavy atom. The molecule has 4 heteroatoms. The monoisotopic (exact) mass is 351 g/mol. The summed E-state index contributed by atoms with van der Waals surface area (Å²) in [4.78, 5) is 0. The van der Waals surface area contributed by atoms with Crippen LogP contribution in [0.2, 0.25) is 0 Å². The van der Waals surface area contributed by atoms with E-state index in [9.17, 15) is 4.39 Å². The molecule has 1 N–H and O–H groups in total. The van der Waals surface area contributed by atoms with Crippen LogP contribution in [0.25, 0.3) is 0 Å². The van der Waals surface area contributed by atoms with Gasteiger partial charge in [0.1, 0.15) is 11.6 Å². The van der Waals surface area contributed by atoms with Gasteiger partial charge in [-0.1, -0.05) is 34.1 Å². The van der Waals surface area contributed by atoms with E-state index in [1.165, 1.54) is 12.1 Å². The predicted octanol–water partition coefficient (Wildman–Crippen LogP) is 4.36. The van der Waals surface area contributed by atoms with Crippen LogP contribution in [-0.2, 0) is 0 Å². The zero-order valence-corrected chi connectivity index (χ0v) is 13.6. The number of rotatable bonds is 7. The van der Waals surface area contributed by atoms with E-state index in [0.29, 0.717) is 12.5 Å². The van der Waals surface area contributed by atoms with Crippen LogP contribution in [0, 0.1) is 5.82 Å². The molecule has 0 radical (unpaired) electrons. The zero-order chi connectivity index (χ0) is 15.1. The molecule has 21 heavy (non-hydrogen) atoms. The Kier molecular flexibility index (Phi) is 6.21. The second kappa shape index (κ2) is 8.15. The van der Waals surface area contributed by atoms with Gasteiger partial charge in [0.15, 0.2) is 0 Å². The van der Waals surface area contributed by atoms with E-state index in [-0.39, 0.29) is 5.82 Å². The quantitative estimate of drug-likeness (QED) is 0.800. The first kappa shape index (κ1) is 16.0. The fraction of sp³-hybridized carbons (Fsp3) is 0.294. The van der Waals surface area contributed by atoms with E-state index in [0.717, 1.165) is 28.8 Å². The summed E-state index contributed by atoms with van der Waals surface area (Å²) in [5.74, 6) is 0.960. The molecule has 0 aliphatic heterocycles. The van der Waals surface area contributed by atoms with E-state index in [2.05, 4.69) is 21.2 Å². The first-order chi connectivity index (χ1) is 10.2. The van der Waals surface area contributed by atoms with Gasteiger partial charge < -0.3 is 10.1 Å². The van der Waals surface area contributed by atoms with Crippen LogP contribution in [0.3, 0.4) is 0 Å². The minimum atomic E-state index is -0.202. The Labute approximate surface area is 133 Å². The van der Waals surface area contributed by atoms with Gasteiger partial charge in [0, 0.05) is 11.0 Å². The van der Waals surface area contributed by atoms with Gasteiger partial charge in [-0.2, -0.15) is 0 Å². The molecule has 0 heterocycles. The minimum Gasteiger partial charge on any atom is -0.494 e. The van der Waals surface area contributed by atoms with E-state index in [1.54, 1.807) is 0 Å². The van der Waals surface area contributed by atoms with Gasteiger partial charge in [0.25, 0.3) is 0 Å². The molecular weight excluding hydrogens is 333 g/mol. The van der Waals surface area contributed by atoms with E-state index in [1.807, 2.05) is 43.4 Å². The van der Waals surface area contributed by atoms with E-state index < -0.39 is 0 Å². The van der Waals surface area contributed by atoms with Crippen LogP contribution in [-0.4, -0.2) is 20.2 Å². The molecule has 2 aromatic rings. The molecule has 2 nitrogen and oxygen atoms in total. The van der Waals surface area contributed by atoms with E-state index >= 15 is 0 Å². The highest BCUT2D eigenvalue weighted by Crippen LogP contribution is 2.22. The lowest BCUT2D eigenvalue weighted by Gasteiger charge is -2.17. The first-order valence-electron chi connectivity index (χ1n) is 6.97. The van der Waals surface area contributed by atoms with Crippen molar-refractivity contribution >= 4 is 15.9 Å². The summed E-state index contributed by atoms with van der Waals surface area (Å²) in [6.07, 6.45) is 0.874. The lowest BCUT2D eigenvalue weighted by molar-refractivity contribution is 0.296. The molecule has 0 aliphatic carbocycles. The van der Waals surface area contributed by atoms with Crippen LogP contribution in [0.1, 0.15) is 17.9 Å². The highest BCUT2D eigenvalue weighted by molar-refractivity contribution is 9.10. The number of benzene rings is 2. The van der Waals surface area contributed by atoms with Gasteiger partial charge in [-0.05, 0) is 55.3 Å². The lowest BCUT2D eigenvalue weighted by atomic mass is 9.96. The third kappa shape index (κ3) is 5.14. The third-order valence-electron chi connectivity index (χ3n) is 3.32. The van der Waals surface area contributed by atoms with Crippen molar-refractivity contribution in [2.45, 2.75) is 12.3 Å². The van der Waals surface area contributed by atoms with Gasteiger partial charge in [0.05, 0.1) is 6.61 Å². The zero-order valence-electron chi connectivity index (χ0n) is 12.0. The normalized spacial score (nSPS) is 12.1. The predicted molar refractivity (Wildman–Crippen MR) is 87.3 cm³/mol. The molecule has 0 aromatic heterocycles. The van der Waals surface area contributed by atoms with Crippen molar-refractivity contribution in [2.24, 2.45) is 0 Å². The Morgan fingerprint density at radius 2 is 1.95 bits per heavy atom. The maximum Gasteiger partial charge on any atom is 0.123 e. The van der Waals surface area contributed by atoms with E-state index in [4.69, 9.17) is 4.74 Å². The number of hydrogen-bond acceptors (Lipinski definition) is 2. The lowest BCUT2D eigenvalue weighted by Crippen LogP contribution is -2.19. The number of halogens is 2. The van der Waals surface area contributed by atoms with Crippen molar-refractivity contribution in [3.05, 3.63) is 64.4 Å². The summed E-state index contributed by atoms with van der Waals surface area (Å²) >= 11 is 3.43. The van der Waals surface area contributed by atoms with Crippen molar-refractivity contribution < 1.29 is 9.13 Å². The van der Waals surface area contributed by atoms with Crippen LogP contribution >= 0.6 is 15.9 Å². The largest absolute Gasteiger partial charge is 0.494 e. The molecule has 0 saturated carbocycles. The fourth-order valence-electron chi connectivity index (χ4n) is 2.24. The number of ether oxygens (including phenoxy) is 1. The summed E-state index contributed by atoms with van der Waals surface area (Å²) in [6, 6.07) is 14.5. The molecule has 2 aromatic carbocycles. The Balaban J connectivity index is 1.92. The van der Waals surface area contributed by atoms with Crippen molar-refractivity contribution in [1.82, 2.24) is 5.32 Å². The topological polar surface area (TPSA) is 21.3 Å². The average Bonchev–Trinajstić information content (AvgIpc) is 2.47. The summed E-state index contributed by atoms with van der Waals surface area (Å²) < 4.78 is 19.8. The third-order valence-corrected chi connectivity index (χ3v) is 3.82. The molecule has 1 atom stereocenters. The van der Waals surface area contributed by atoms with Crippen molar-refractivity contribution in [2.75, 3.05) is 20.2 Å². The second-order valence-electron chi connectivity index (χ2n) is 4.90. The molecule has 0 spiro atoms. The van der Waals surface area contributed by atoms with Crippen molar-refractivity contribution in [3.63, 3.8) is 0 Å². The van der Waals surface area contributed by atoms with Gasteiger partial charge in [-0.3, -0.25) is 0 Å². The molecule has 0 aliphatic rings.